The Morgan fingerprint density at radius 2 is 2.25 bits per heavy atom. The summed E-state index contributed by atoms with van der Waals surface area (Å²) in [7, 11) is 0. The maximum Gasteiger partial charge on any atom is 0.138 e. The first kappa shape index (κ1) is 13.5. The minimum Gasteiger partial charge on any atom is -0.397 e. The van der Waals surface area contributed by atoms with Gasteiger partial charge in [0.15, 0.2) is 0 Å². The van der Waals surface area contributed by atoms with Crippen molar-refractivity contribution in [1.29, 1.82) is 0 Å². The molecule has 0 amide bonds. The van der Waals surface area contributed by atoms with Crippen LogP contribution in [0.5, 0.6) is 0 Å². The van der Waals surface area contributed by atoms with E-state index in [9.17, 15) is 9.50 Å². The number of rotatable bonds is 5. The van der Waals surface area contributed by atoms with Gasteiger partial charge in [-0.3, -0.25) is 0 Å². The summed E-state index contributed by atoms with van der Waals surface area (Å²) in [6.07, 6.45) is 1.21. The summed E-state index contributed by atoms with van der Waals surface area (Å²) in [6, 6.07) is 2.93. The molecular weight excluding hydrogens is 322 g/mol. The summed E-state index contributed by atoms with van der Waals surface area (Å²) in [6.45, 7) is 2.39. The van der Waals surface area contributed by atoms with E-state index in [0.29, 0.717) is 21.5 Å². The summed E-state index contributed by atoms with van der Waals surface area (Å²) >= 11 is 1.89. The quantitative estimate of drug-likeness (QED) is 0.571. The van der Waals surface area contributed by atoms with E-state index in [1.165, 1.54) is 6.07 Å². The average molecular weight is 338 g/mol. The lowest BCUT2D eigenvalue weighted by Crippen LogP contribution is -2.19. The number of nitrogens with one attached hydrogen (secondary N) is 1. The molecule has 1 rings (SSSR count). The summed E-state index contributed by atoms with van der Waals surface area (Å²) in [5.74, 6) is -0.303. The Hall–Kier alpha value is -0.560. The highest BCUT2D eigenvalue weighted by atomic mass is 127. The average Bonchev–Trinajstić information content (AvgIpc) is 2.22. The number of aliphatic hydroxyl groups is 1. The molecule has 0 aliphatic rings. The van der Waals surface area contributed by atoms with Gasteiger partial charge in [-0.25, -0.2) is 4.39 Å². The molecule has 0 aliphatic heterocycles. The molecule has 1 aromatic carbocycles. The zero-order chi connectivity index (χ0) is 12.1. The maximum atomic E-state index is 13.3. The number of nitrogen functional groups attached to an aromatic ring is 1. The molecule has 90 valence electrons. The van der Waals surface area contributed by atoms with Crippen molar-refractivity contribution in [3.05, 3.63) is 21.5 Å². The van der Waals surface area contributed by atoms with Crippen LogP contribution in [0.4, 0.5) is 15.8 Å². The number of halogens is 2. The van der Waals surface area contributed by atoms with Crippen LogP contribution in [0.25, 0.3) is 0 Å². The van der Waals surface area contributed by atoms with Crippen molar-refractivity contribution < 1.29 is 9.50 Å². The Morgan fingerprint density at radius 3 is 2.88 bits per heavy atom. The molecule has 3 nitrogen and oxygen atoms in total. The van der Waals surface area contributed by atoms with Gasteiger partial charge in [-0.15, -0.1) is 0 Å². The lowest BCUT2D eigenvalue weighted by atomic mass is 10.2. The van der Waals surface area contributed by atoms with Gasteiger partial charge in [0, 0.05) is 12.6 Å². The predicted octanol–water partition coefficient (Wildman–Crippen LogP) is 2.59. The number of hydrogen-bond acceptors (Lipinski definition) is 3. The Bertz CT molecular complexity index is 360. The van der Waals surface area contributed by atoms with Crippen molar-refractivity contribution in [1.82, 2.24) is 0 Å². The highest BCUT2D eigenvalue weighted by Crippen LogP contribution is 2.24. The monoisotopic (exact) mass is 338 g/mol. The van der Waals surface area contributed by atoms with Crippen LogP contribution in [0, 0.1) is 9.39 Å². The molecule has 0 saturated heterocycles. The van der Waals surface area contributed by atoms with Gasteiger partial charge in [0.2, 0.25) is 0 Å². The van der Waals surface area contributed by atoms with Gasteiger partial charge in [-0.2, -0.15) is 0 Å². The van der Waals surface area contributed by atoms with Crippen LogP contribution in [-0.2, 0) is 0 Å². The number of aliphatic hydroxyl groups excluding tert-OH is 1. The highest BCUT2D eigenvalue weighted by Gasteiger charge is 2.07. The highest BCUT2D eigenvalue weighted by molar-refractivity contribution is 14.1. The third kappa shape index (κ3) is 3.79. The van der Waals surface area contributed by atoms with E-state index in [4.69, 9.17) is 5.73 Å². The van der Waals surface area contributed by atoms with Crippen molar-refractivity contribution in [2.75, 3.05) is 17.6 Å². The molecule has 0 spiro atoms. The van der Waals surface area contributed by atoms with Crippen LogP contribution in [0.1, 0.15) is 19.8 Å². The Labute approximate surface area is 108 Å². The van der Waals surface area contributed by atoms with E-state index in [1.807, 2.05) is 29.5 Å². The van der Waals surface area contributed by atoms with Crippen LogP contribution in [-0.4, -0.2) is 17.8 Å². The molecule has 4 N–H and O–H groups in total. The summed E-state index contributed by atoms with van der Waals surface area (Å²) in [4.78, 5) is 0. The number of anilines is 2. The zero-order valence-electron chi connectivity index (χ0n) is 9.13. The van der Waals surface area contributed by atoms with Crippen molar-refractivity contribution in [2.24, 2.45) is 0 Å². The minimum atomic E-state index is -0.424. The van der Waals surface area contributed by atoms with Crippen LogP contribution < -0.4 is 11.1 Å². The normalized spacial score (nSPS) is 12.5. The largest absolute Gasteiger partial charge is 0.397 e. The molecule has 1 atom stereocenters. The summed E-state index contributed by atoms with van der Waals surface area (Å²) in [5, 5.41) is 12.5. The summed E-state index contributed by atoms with van der Waals surface area (Å²) in [5.41, 5.74) is 6.77. The third-order valence-corrected chi connectivity index (χ3v) is 3.07. The van der Waals surface area contributed by atoms with Crippen LogP contribution in [0.15, 0.2) is 12.1 Å². The van der Waals surface area contributed by atoms with Gasteiger partial charge < -0.3 is 16.2 Å². The van der Waals surface area contributed by atoms with E-state index in [0.717, 1.165) is 12.8 Å². The predicted molar refractivity (Wildman–Crippen MR) is 72.9 cm³/mol. The van der Waals surface area contributed by atoms with Gasteiger partial charge in [0.25, 0.3) is 0 Å². The van der Waals surface area contributed by atoms with E-state index in [2.05, 4.69) is 5.32 Å². The molecule has 0 fully saturated rings. The second-order valence-electron chi connectivity index (χ2n) is 3.68. The number of hydrogen-bond donors (Lipinski definition) is 3. The second kappa shape index (κ2) is 6.24. The van der Waals surface area contributed by atoms with E-state index in [-0.39, 0.29) is 5.82 Å². The van der Waals surface area contributed by atoms with E-state index in [1.54, 1.807) is 6.07 Å². The van der Waals surface area contributed by atoms with Gasteiger partial charge in [0.05, 0.1) is 21.0 Å². The molecule has 0 aromatic heterocycles. The first-order valence-corrected chi connectivity index (χ1v) is 6.29. The smallest absolute Gasteiger partial charge is 0.138 e. The van der Waals surface area contributed by atoms with Gasteiger partial charge in [0.1, 0.15) is 5.82 Å². The zero-order valence-corrected chi connectivity index (χ0v) is 11.3. The van der Waals surface area contributed by atoms with E-state index < -0.39 is 6.10 Å². The van der Waals surface area contributed by atoms with Crippen molar-refractivity contribution >= 4 is 34.0 Å². The molecular formula is C11H16FIN2O. The van der Waals surface area contributed by atoms with Crippen LogP contribution in [0.2, 0.25) is 0 Å². The second-order valence-corrected chi connectivity index (χ2v) is 4.84. The summed E-state index contributed by atoms with van der Waals surface area (Å²) < 4.78 is 13.8. The van der Waals surface area contributed by atoms with Gasteiger partial charge >= 0.3 is 0 Å². The fourth-order valence-electron chi connectivity index (χ4n) is 1.38. The van der Waals surface area contributed by atoms with Crippen molar-refractivity contribution in [3.63, 3.8) is 0 Å². The lowest BCUT2D eigenvalue weighted by Gasteiger charge is -2.13. The fourth-order valence-corrected chi connectivity index (χ4v) is 1.87. The Balaban J connectivity index is 2.63. The number of benzene rings is 1. The first-order valence-electron chi connectivity index (χ1n) is 5.21. The fraction of sp³-hybridized carbons (Fsp3) is 0.455. The Morgan fingerprint density at radius 1 is 1.56 bits per heavy atom. The minimum absolute atomic E-state index is 0.303. The molecule has 0 saturated carbocycles. The Kier molecular flexibility index (Phi) is 5.27. The van der Waals surface area contributed by atoms with Crippen molar-refractivity contribution in [2.45, 2.75) is 25.9 Å². The SMILES string of the molecule is CCCC(O)CNc1cc(F)c(I)cc1N. The molecule has 1 unspecified atom stereocenters. The molecule has 0 aliphatic carbocycles. The molecule has 0 heterocycles. The number of nitrogens with two attached hydrogens (primary N) is 1. The van der Waals surface area contributed by atoms with Gasteiger partial charge in [-0.1, -0.05) is 13.3 Å². The van der Waals surface area contributed by atoms with Gasteiger partial charge in [-0.05, 0) is 35.1 Å². The topological polar surface area (TPSA) is 58.3 Å². The molecule has 16 heavy (non-hydrogen) atoms. The first-order chi connectivity index (χ1) is 7.54. The molecule has 0 radical (unpaired) electrons. The van der Waals surface area contributed by atoms with Crippen LogP contribution in [0.3, 0.4) is 0 Å². The maximum absolute atomic E-state index is 13.3. The standard InChI is InChI=1S/C11H16FIN2O/c1-2-3-7(16)6-15-11-4-8(12)9(13)5-10(11)14/h4-5,7,15-16H,2-3,6,14H2,1H3. The third-order valence-electron chi connectivity index (χ3n) is 2.24. The lowest BCUT2D eigenvalue weighted by molar-refractivity contribution is 0.176. The van der Waals surface area contributed by atoms with Crippen molar-refractivity contribution in [3.8, 4) is 0 Å². The molecule has 1 aromatic rings. The molecule has 0 bridgehead atoms. The van der Waals surface area contributed by atoms with Crippen LogP contribution >= 0.6 is 22.6 Å². The molecule has 5 heteroatoms. The van der Waals surface area contributed by atoms with E-state index >= 15 is 0 Å².